The second-order valence-electron chi connectivity index (χ2n) is 11.3. The lowest BCUT2D eigenvalue weighted by Crippen LogP contribution is -2.21. The van der Waals surface area contributed by atoms with Crippen molar-refractivity contribution in [2.75, 3.05) is 0 Å². The fourth-order valence-corrected chi connectivity index (χ4v) is 3.31. The van der Waals surface area contributed by atoms with Gasteiger partial charge in [-0.25, -0.2) is 0 Å². The predicted octanol–water partition coefficient (Wildman–Crippen LogP) is 7.89. The Kier molecular flexibility index (Phi) is 5.56. The maximum absolute atomic E-state index is 2.39. The summed E-state index contributed by atoms with van der Waals surface area (Å²) in [5.41, 5.74) is 6.30. The minimum absolute atomic E-state index is 0.131. The lowest BCUT2D eigenvalue weighted by Gasteiger charge is -2.35. The third kappa shape index (κ3) is 4.98. The Bertz CT molecular complexity index is 480. The van der Waals surface area contributed by atoms with E-state index in [1.54, 1.807) is 0 Å². The van der Waals surface area contributed by atoms with Crippen LogP contribution >= 0.6 is 0 Å². The molecule has 0 bridgehead atoms. The Morgan fingerprint density at radius 2 is 0.458 bits per heavy atom. The molecule has 24 heavy (non-hydrogen) atoms. The summed E-state index contributed by atoms with van der Waals surface area (Å²) in [6.07, 6.45) is 9.54. The first-order valence-corrected chi connectivity index (χ1v) is 9.32. The SMILES string of the molecule is CC(C)(C)C1=C(C(C)(C)C)/C=C\C(C(C)(C)C)=C(C(C)(C)C)/C=C\1. The fraction of sp³-hybridized carbons (Fsp3) is 0.667. The van der Waals surface area contributed by atoms with E-state index >= 15 is 0 Å². The van der Waals surface area contributed by atoms with Gasteiger partial charge in [-0.05, 0) is 44.0 Å². The zero-order chi connectivity index (χ0) is 19.1. The summed E-state index contributed by atoms with van der Waals surface area (Å²) < 4.78 is 0. The third-order valence-corrected chi connectivity index (χ3v) is 4.65. The maximum Gasteiger partial charge on any atom is -0.0129 e. The van der Waals surface area contributed by atoms with Gasteiger partial charge >= 0.3 is 0 Å². The van der Waals surface area contributed by atoms with Crippen molar-refractivity contribution in [2.45, 2.75) is 83.1 Å². The van der Waals surface area contributed by atoms with E-state index in [4.69, 9.17) is 0 Å². The van der Waals surface area contributed by atoms with E-state index in [0.29, 0.717) is 0 Å². The Hall–Kier alpha value is -1.04. The van der Waals surface area contributed by atoms with Gasteiger partial charge in [-0.15, -0.1) is 0 Å². The van der Waals surface area contributed by atoms with Crippen LogP contribution in [0.25, 0.3) is 0 Å². The molecule has 0 spiro atoms. The van der Waals surface area contributed by atoms with E-state index in [1.807, 2.05) is 0 Å². The molecule has 0 N–H and O–H groups in total. The van der Waals surface area contributed by atoms with Crippen LogP contribution in [0.1, 0.15) is 83.1 Å². The standard InChI is InChI=1S/C24H40/c1-21(2,3)17-13-14-19(23(7,8)9)20(24(10,11)12)16-15-18(17)22(4,5)6/h13-16H,1-12H3/b14-13-,16-15-,17-13?,18-15?,18-17-,19-14?,20-16?,20-19-. The Balaban J connectivity index is 3.76. The molecule has 0 aromatic carbocycles. The van der Waals surface area contributed by atoms with Crippen molar-refractivity contribution in [3.8, 4) is 0 Å². The average Bonchev–Trinajstić information content (AvgIpc) is 2.20. The average molecular weight is 329 g/mol. The normalized spacial score (nSPS) is 26.8. The van der Waals surface area contributed by atoms with Gasteiger partial charge < -0.3 is 0 Å². The first kappa shape index (κ1) is 21.0. The quantitative estimate of drug-likeness (QED) is 0.424. The molecule has 0 aromatic rings. The van der Waals surface area contributed by atoms with Crippen molar-refractivity contribution in [2.24, 2.45) is 21.7 Å². The molecule has 0 heteroatoms. The molecule has 0 heterocycles. The Morgan fingerprint density at radius 3 is 0.542 bits per heavy atom. The third-order valence-electron chi connectivity index (χ3n) is 4.65. The summed E-state index contributed by atoms with van der Waals surface area (Å²) in [7, 11) is 0. The fourth-order valence-electron chi connectivity index (χ4n) is 3.31. The maximum atomic E-state index is 2.39. The second-order valence-corrected chi connectivity index (χ2v) is 11.3. The van der Waals surface area contributed by atoms with Gasteiger partial charge in [-0.3, -0.25) is 0 Å². The van der Waals surface area contributed by atoms with E-state index in [2.05, 4.69) is 107 Å². The molecule has 0 atom stereocenters. The summed E-state index contributed by atoms with van der Waals surface area (Å²) in [4.78, 5) is 0. The van der Waals surface area contributed by atoms with Crippen molar-refractivity contribution >= 4 is 0 Å². The smallest absolute Gasteiger partial charge is 0.0129 e. The molecule has 1 aliphatic rings. The van der Waals surface area contributed by atoms with Crippen LogP contribution in [0.15, 0.2) is 46.6 Å². The number of hydrogen-bond donors (Lipinski definition) is 0. The Morgan fingerprint density at radius 1 is 0.333 bits per heavy atom. The molecule has 0 amide bonds. The minimum atomic E-state index is 0.131. The van der Waals surface area contributed by atoms with Crippen LogP contribution in [0.2, 0.25) is 0 Å². The minimum Gasteiger partial charge on any atom is -0.0579 e. The van der Waals surface area contributed by atoms with Crippen LogP contribution in [0, 0.1) is 21.7 Å². The van der Waals surface area contributed by atoms with Crippen molar-refractivity contribution in [1.29, 1.82) is 0 Å². The second kappa shape index (κ2) is 6.36. The van der Waals surface area contributed by atoms with E-state index in [0.717, 1.165) is 0 Å². The van der Waals surface area contributed by atoms with Gasteiger partial charge in [0.1, 0.15) is 0 Å². The molecule has 136 valence electrons. The Labute approximate surface area is 151 Å². The molecule has 0 nitrogen and oxygen atoms in total. The van der Waals surface area contributed by atoms with E-state index in [9.17, 15) is 0 Å². The van der Waals surface area contributed by atoms with Crippen LogP contribution in [0.5, 0.6) is 0 Å². The van der Waals surface area contributed by atoms with Crippen LogP contribution in [-0.4, -0.2) is 0 Å². The molecular formula is C24H40. The predicted molar refractivity (Wildman–Crippen MR) is 110 cm³/mol. The van der Waals surface area contributed by atoms with Gasteiger partial charge in [0.15, 0.2) is 0 Å². The zero-order valence-electron chi connectivity index (χ0n) is 18.3. The van der Waals surface area contributed by atoms with Crippen molar-refractivity contribution in [3.05, 3.63) is 46.6 Å². The molecule has 0 unspecified atom stereocenters. The van der Waals surface area contributed by atoms with Crippen molar-refractivity contribution in [1.82, 2.24) is 0 Å². The zero-order valence-corrected chi connectivity index (χ0v) is 18.3. The molecule has 0 radical (unpaired) electrons. The van der Waals surface area contributed by atoms with Gasteiger partial charge in [-0.1, -0.05) is 107 Å². The first-order valence-electron chi connectivity index (χ1n) is 9.32. The van der Waals surface area contributed by atoms with Crippen molar-refractivity contribution < 1.29 is 0 Å². The summed E-state index contributed by atoms with van der Waals surface area (Å²) in [6.45, 7) is 27.8. The highest BCUT2D eigenvalue weighted by Crippen LogP contribution is 2.43. The van der Waals surface area contributed by atoms with E-state index in [-0.39, 0.29) is 21.7 Å². The summed E-state index contributed by atoms with van der Waals surface area (Å²) >= 11 is 0. The highest BCUT2D eigenvalue weighted by atomic mass is 14.3. The molecule has 1 aliphatic carbocycles. The molecule has 1 rings (SSSR count). The highest BCUT2D eigenvalue weighted by Gasteiger charge is 2.29. The summed E-state index contributed by atoms with van der Waals surface area (Å²) in [6, 6.07) is 0. The number of rotatable bonds is 0. The molecule has 0 fully saturated rings. The van der Waals surface area contributed by atoms with Gasteiger partial charge in [0.05, 0.1) is 0 Å². The summed E-state index contributed by atoms with van der Waals surface area (Å²) in [5, 5.41) is 0. The summed E-state index contributed by atoms with van der Waals surface area (Å²) in [5.74, 6) is 0. The van der Waals surface area contributed by atoms with Crippen LogP contribution < -0.4 is 0 Å². The molecule has 0 aliphatic heterocycles. The number of hydrogen-bond acceptors (Lipinski definition) is 0. The topological polar surface area (TPSA) is 0 Å². The lowest BCUT2D eigenvalue weighted by molar-refractivity contribution is 0.453. The van der Waals surface area contributed by atoms with Crippen LogP contribution in [-0.2, 0) is 0 Å². The van der Waals surface area contributed by atoms with Crippen LogP contribution in [0.4, 0.5) is 0 Å². The van der Waals surface area contributed by atoms with Crippen molar-refractivity contribution in [3.63, 3.8) is 0 Å². The van der Waals surface area contributed by atoms with Gasteiger partial charge in [0, 0.05) is 0 Å². The van der Waals surface area contributed by atoms with Gasteiger partial charge in [0.2, 0.25) is 0 Å². The lowest BCUT2D eigenvalue weighted by atomic mass is 9.70. The highest BCUT2D eigenvalue weighted by molar-refractivity contribution is 5.50. The van der Waals surface area contributed by atoms with Gasteiger partial charge in [0.25, 0.3) is 0 Å². The monoisotopic (exact) mass is 328 g/mol. The number of allylic oxidation sites excluding steroid dienone is 8. The molecule has 0 saturated carbocycles. The molecule has 0 saturated heterocycles. The first-order chi connectivity index (χ1) is 10.5. The van der Waals surface area contributed by atoms with E-state index in [1.165, 1.54) is 22.3 Å². The largest absolute Gasteiger partial charge is 0.0579 e. The molecular weight excluding hydrogens is 288 g/mol. The van der Waals surface area contributed by atoms with Gasteiger partial charge in [-0.2, -0.15) is 0 Å². The molecule has 0 aromatic heterocycles. The van der Waals surface area contributed by atoms with E-state index < -0.39 is 0 Å². The van der Waals surface area contributed by atoms with Crippen LogP contribution in [0.3, 0.4) is 0 Å².